The van der Waals surface area contributed by atoms with E-state index in [1.54, 1.807) is 24.0 Å². The number of hydrogen-bond donors (Lipinski definition) is 1. The van der Waals surface area contributed by atoms with E-state index >= 15 is 0 Å². The predicted molar refractivity (Wildman–Crippen MR) is 73.3 cm³/mol. The number of non-ortho nitro benzene ring substituents is 1. The van der Waals surface area contributed by atoms with E-state index in [4.69, 9.17) is 0 Å². The van der Waals surface area contributed by atoms with Gasteiger partial charge in [-0.2, -0.15) is 0 Å². The van der Waals surface area contributed by atoms with Crippen molar-refractivity contribution in [3.63, 3.8) is 0 Å². The summed E-state index contributed by atoms with van der Waals surface area (Å²) in [6, 6.07) is 4.56. The van der Waals surface area contributed by atoms with Crippen LogP contribution in [0.25, 0.3) is 11.0 Å². The topological polar surface area (TPSA) is 81.0 Å². The lowest BCUT2D eigenvalue weighted by molar-refractivity contribution is -0.384. The Balaban J connectivity index is 1.88. The summed E-state index contributed by atoms with van der Waals surface area (Å²) < 4.78 is 0. The van der Waals surface area contributed by atoms with Crippen molar-refractivity contribution >= 4 is 28.5 Å². The van der Waals surface area contributed by atoms with Gasteiger partial charge < -0.3 is 5.32 Å². The highest BCUT2D eigenvalue weighted by molar-refractivity contribution is 7.99. The first-order valence-corrected chi connectivity index (χ1v) is 6.89. The van der Waals surface area contributed by atoms with Crippen LogP contribution < -0.4 is 5.32 Å². The summed E-state index contributed by atoms with van der Waals surface area (Å²) in [6.07, 6.45) is 2.82. The SMILES string of the molecule is O=[N+]([O-])c1ccc2nc(S[C@H]3CCNC3)cnc2c1. The first-order valence-electron chi connectivity index (χ1n) is 6.01. The minimum atomic E-state index is -0.423. The summed E-state index contributed by atoms with van der Waals surface area (Å²) in [5.74, 6) is 0. The highest BCUT2D eigenvalue weighted by Gasteiger charge is 2.17. The number of thioether (sulfide) groups is 1. The Labute approximate surface area is 113 Å². The van der Waals surface area contributed by atoms with Crippen molar-refractivity contribution < 1.29 is 4.92 Å². The zero-order valence-electron chi connectivity index (χ0n) is 10.1. The molecule has 19 heavy (non-hydrogen) atoms. The van der Waals surface area contributed by atoms with Crippen LogP contribution in [0.3, 0.4) is 0 Å². The normalized spacial score (nSPS) is 18.8. The molecular formula is C12H12N4O2S. The van der Waals surface area contributed by atoms with Crippen LogP contribution >= 0.6 is 11.8 Å². The molecule has 0 saturated carbocycles. The molecule has 3 rings (SSSR count). The number of nitro benzene ring substituents is 1. The zero-order valence-corrected chi connectivity index (χ0v) is 10.9. The average Bonchev–Trinajstić information content (AvgIpc) is 2.91. The van der Waals surface area contributed by atoms with Gasteiger partial charge in [-0.15, -0.1) is 11.8 Å². The summed E-state index contributed by atoms with van der Waals surface area (Å²) >= 11 is 1.71. The number of nitro groups is 1. The van der Waals surface area contributed by atoms with Crippen LogP contribution in [0.5, 0.6) is 0 Å². The summed E-state index contributed by atoms with van der Waals surface area (Å²) in [4.78, 5) is 19.0. The quantitative estimate of drug-likeness (QED) is 0.682. The molecule has 98 valence electrons. The molecule has 0 amide bonds. The molecule has 2 aromatic rings. The van der Waals surface area contributed by atoms with Crippen LogP contribution in [-0.2, 0) is 0 Å². The Morgan fingerprint density at radius 3 is 3.05 bits per heavy atom. The molecule has 1 aliphatic heterocycles. The van der Waals surface area contributed by atoms with Gasteiger partial charge in [0.25, 0.3) is 5.69 Å². The summed E-state index contributed by atoms with van der Waals surface area (Å²) in [5, 5.41) is 15.4. The van der Waals surface area contributed by atoms with E-state index in [0.717, 1.165) is 24.5 Å². The van der Waals surface area contributed by atoms with Gasteiger partial charge in [-0.1, -0.05) is 0 Å². The molecule has 1 atom stereocenters. The maximum atomic E-state index is 10.7. The Bertz CT molecular complexity index is 628. The van der Waals surface area contributed by atoms with Gasteiger partial charge in [-0.25, -0.2) is 4.98 Å². The van der Waals surface area contributed by atoms with Crippen molar-refractivity contribution in [2.75, 3.05) is 13.1 Å². The number of aromatic nitrogens is 2. The Kier molecular flexibility index (Phi) is 3.31. The smallest absolute Gasteiger partial charge is 0.271 e. The molecule has 0 bridgehead atoms. The molecule has 0 aliphatic carbocycles. The zero-order chi connectivity index (χ0) is 13.2. The van der Waals surface area contributed by atoms with Crippen molar-refractivity contribution in [1.29, 1.82) is 0 Å². The first kappa shape index (κ1) is 12.3. The van der Waals surface area contributed by atoms with Crippen molar-refractivity contribution in [1.82, 2.24) is 15.3 Å². The molecule has 1 fully saturated rings. The largest absolute Gasteiger partial charge is 0.316 e. The highest BCUT2D eigenvalue weighted by atomic mass is 32.2. The lowest BCUT2D eigenvalue weighted by Crippen LogP contribution is -2.10. The second kappa shape index (κ2) is 5.10. The van der Waals surface area contributed by atoms with E-state index in [0.29, 0.717) is 16.3 Å². The fraction of sp³-hybridized carbons (Fsp3) is 0.333. The van der Waals surface area contributed by atoms with Crippen LogP contribution in [0.4, 0.5) is 5.69 Å². The molecule has 1 aromatic heterocycles. The maximum Gasteiger partial charge on any atom is 0.271 e. The second-order valence-corrected chi connectivity index (χ2v) is 5.69. The van der Waals surface area contributed by atoms with Gasteiger partial charge in [0.05, 0.1) is 22.2 Å². The van der Waals surface area contributed by atoms with E-state index in [2.05, 4.69) is 15.3 Å². The van der Waals surface area contributed by atoms with E-state index in [9.17, 15) is 10.1 Å². The molecule has 1 N–H and O–H groups in total. The number of hydrogen-bond acceptors (Lipinski definition) is 6. The summed E-state index contributed by atoms with van der Waals surface area (Å²) in [6.45, 7) is 2.04. The van der Waals surface area contributed by atoms with Gasteiger partial charge >= 0.3 is 0 Å². The predicted octanol–water partition coefficient (Wildman–Crippen LogP) is 1.99. The third-order valence-electron chi connectivity index (χ3n) is 3.02. The van der Waals surface area contributed by atoms with Crippen LogP contribution in [0.15, 0.2) is 29.4 Å². The van der Waals surface area contributed by atoms with E-state index < -0.39 is 4.92 Å². The molecule has 0 radical (unpaired) electrons. The molecule has 0 unspecified atom stereocenters. The molecule has 2 heterocycles. The van der Waals surface area contributed by atoms with Crippen LogP contribution in [0.2, 0.25) is 0 Å². The maximum absolute atomic E-state index is 10.7. The van der Waals surface area contributed by atoms with E-state index in [1.165, 1.54) is 12.1 Å². The van der Waals surface area contributed by atoms with Crippen LogP contribution in [0, 0.1) is 10.1 Å². The molecule has 1 aromatic carbocycles. The minimum absolute atomic E-state index is 0.0437. The molecule has 1 aliphatic rings. The Morgan fingerprint density at radius 1 is 1.42 bits per heavy atom. The highest BCUT2D eigenvalue weighted by Crippen LogP contribution is 2.26. The number of rotatable bonds is 3. The van der Waals surface area contributed by atoms with Gasteiger partial charge in [0.15, 0.2) is 0 Å². The molecule has 6 nitrogen and oxygen atoms in total. The third-order valence-corrected chi connectivity index (χ3v) is 4.19. The van der Waals surface area contributed by atoms with Gasteiger partial charge in [0.2, 0.25) is 0 Å². The van der Waals surface area contributed by atoms with E-state index in [1.807, 2.05) is 0 Å². The van der Waals surface area contributed by atoms with Gasteiger partial charge in [0, 0.05) is 23.9 Å². The number of nitrogens with one attached hydrogen (secondary N) is 1. The van der Waals surface area contributed by atoms with Gasteiger partial charge in [-0.05, 0) is 19.0 Å². The fourth-order valence-electron chi connectivity index (χ4n) is 2.05. The number of fused-ring (bicyclic) bond motifs is 1. The fourth-order valence-corrected chi connectivity index (χ4v) is 3.10. The van der Waals surface area contributed by atoms with E-state index in [-0.39, 0.29) is 5.69 Å². The Hall–Kier alpha value is -1.73. The molecular weight excluding hydrogens is 264 g/mol. The van der Waals surface area contributed by atoms with Crippen molar-refractivity contribution in [3.8, 4) is 0 Å². The lowest BCUT2D eigenvalue weighted by Gasteiger charge is -2.07. The standard InChI is InChI=1S/C12H12N4O2S/c17-16(18)8-1-2-10-11(5-8)14-7-12(15-10)19-9-3-4-13-6-9/h1-2,5,7,9,13H,3-4,6H2/t9-/m0/s1. The van der Waals surface area contributed by atoms with Crippen LogP contribution in [0.1, 0.15) is 6.42 Å². The van der Waals surface area contributed by atoms with Crippen LogP contribution in [-0.4, -0.2) is 33.2 Å². The third kappa shape index (κ3) is 2.66. The van der Waals surface area contributed by atoms with Crippen molar-refractivity contribution in [3.05, 3.63) is 34.5 Å². The monoisotopic (exact) mass is 276 g/mol. The summed E-state index contributed by atoms with van der Waals surface area (Å²) in [7, 11) is 0. The van der Waals surface area contributed by atoms with Crippen molar-refractivity contribution in [2.24, 2.45) is 0 Å². The Morgan fingerprint density at radius 2 is 2.32 bits per heavy atom. The number of nitrogens with zero attached hydrogens (tertiary/aromatic N) is 3. The van der Waals surface area contributed by atoms with Gasteiger partial charge in [0.1, 0.15) is 5.03 Å². The molecule has 0 spiro atoms. The minimum Gasteiger partial charge on any atom is -0.316 e. The summed E-state index contributed by atoms with van der Waals surface area (Å²) in [5.41, 5.74) is 1.30. The van der Waals surface area contributed by atoms with Crippen molar-refractivity contribution in [2.45, 2.75) is 16.7 Å². The molecule has 7 heteroatoms. The number of benzene rings is 1. The first-order chi connectivity index (χ1) is 9.22. The average molecular weight is 276 g/mol. The van der Waals surface area contributed by atoms with Gasteiger partial charge in [-0.3, -0.25) is 15.1 Å². The lowest BCUT2D eigenvalue weighted by atomic mass is 10.3. The molecule has 1 saturated heterocycles. The second-order valence-electron chi connectivity index (χ2n) is 4.37.